The molecule has 192 valence electrons. The van der Waals surface area contributed by atoms with Crippen LogP contribution in [0, 0.1) is 5.82 Å². The Kier molecular flexibility index (Phi) is 7.83. The summed E-state index contributed by atoms with van der Waals surface area (Å²) in [6.07, 6.45) is -4.55. The van der Waals surface area contributed by atoms with Crippen LogP contribution in [0.4, 0.5) is 23.2 Å². The Balaban J connectivity index is 1.56. The normalized spacial score (nSPS) is 11.4. The largest absolute Gasteiger partial charge is 0.460 e. The smallest absolute Gasteiger partial charge is 0.416 e. The van der Waals surface area contributed by atoms with E-state index in [0.717, 1.165) is 12.1 Å². The molecule has 0 unspecified atom stereocenters. The molecule has 0 bridgehead atoms. The van der Waals surface area contributed by atoms with E-state index >= 15 is 0 Å². The molecule has 7 nitrogen and oxygen atoms in total. The van der Waals surface area contributed by atoms with Crippen LogP contribution in [0.15, 0.2) is 72.8 Å². The van der Waals surface area contributed by atoms with Crippen molar-refractivity contribution >= 4 is 11.6 Å². The summed E-state index contributed by atoms with van der Waals surface area (Å²) in [5, 5.41) is 6.94. The third-order valence-electron chi connectivity index (χ3n) is 5.16. The number of alkyl halides is 3. The van der Waals surface area contributed by atoms with Crippen LogP contribution in [0.2, 0.25) is 0 Å². The molecule has 0 aliphatic heterocycles. The first-order chi connectivity index (χ1) is 17.7. The summed E-state index contributed by atoms with van der Waals surface area (Å²) >= 11 is 0. The van der Waals surface area contributed by atoms with Crippen LogP contribution in [-0.4, -0.2) is 40.5 Å². The lowest BCUT2D eigenvalue weighted by atomic mass is 10.1. The van der Waals surface area contributed by atoms with Gasteiger partial charge in [-0.05, 0) is 61.5 Å². The van der Waals surface area contributed by atoms with E-state index < -0.39 is 23.5 Å². The van der Waals surface area contributed by atoms with E-state index in [2.05, 4.69) is 15.4 Å². The Morgan fingerprint density at radius 3 is 2.46 bits per heavy atom. The van der Waals surface area contributed by atoms with E-state index in [1.807, 2.05) is 6.92 Å². The Hall–Kier alpha value is -4.25. The van der Waals surface area contributed by atoms with Gasteiger partial charge in [-0.3, -0.25) is 4.79 Å². The topological polar surface area (TPSA) is 78.3 Å². The van der Waals surface area contributed by atoms with Crippen molar-refractivity contribution in [1.29, 1.82) is 0 Å². The molecule has 0 saturated carbocycles. The van der Waals surface area contributed by atoms with Gasteiger partial charge >= 0.3 is 12.2 Å². The maximum absolute atomic E-state index is 13.9. The van der Waals surface area contributed by atoms with Crippen molar-refractivity contribution in [2.75, 3.05) is 25.1 Å². The number of carbonyl (C=O) groups excluding carboxylic acids is 1. The standard InChI is InChI=1S/C26H22F4N4O3/c1-2-36-13-14-37-25-32-23(17-5-4-8-20(27)16-17)34(33-25)22-11-9-21(10-12-22)31-24(35)18-6-3-7-19(15-18)26(28,29)30/h3-12,15-16H,2,13-14H2,1H3,(H,31,35). The van der Waals surface area contributed by atoms with Crippen LogP contribution in [-0.2, 0) is 10.9 Å². The first kappa shape index (κ1) is 25.8. The first-order valence-corrected chi connectivity index (χ1v) is 11.3. The highest BCUT2D eigenvalue weighted by Gasteiger charge is 2.30. The zero-order chi connectivity index (χ0) is 26.4. The second-order valence-corrected chi connectivity index (χ2v) is 7.77. The molecule has 0 fully saturated rings. The molecular weight excluding hydrogens is 492 g/mol. The molecule has 0 aliphatic carbocycles. The average molecular weight is 514 g/mol. The van der Waals surface area contributed by atoms with Crippen LogP contribution in [0.3, 0.4) is 0 Å². The van der Waals surface area contributed by atoms with Crippen molar-refractivity contribution in [1.82, 2.24) is 14.8 Å². The second-order valence-electron chi connectivity index (χ2n) is 7.77. The number of rotatable bonds is 9. The summed E-state index contributed by atoms with van der Waals surface area (Å²) in [7, 11) is 0. The van der Waals surface area contributed by atoms with Gasteiger partial charge in [0.05, 0.1) is 17.9 Å². The van der Waals surface area contributed by atoms with Crippen LogP contribution >= 0.6 is 0 Å². The van der Waals surface area contributed by atoms with E-state index in [-0.39, 0.29) is 18.2 Å². The van der Waals surface area contributed by atoms with E-state index in [9.17, 15) is 22.4 Å². The van der Waals surface area contributed by atoms with Gasteiger partial charge in [0.15, 0.2) is 5.82 Å². The maximum atomic E-state index is 13.9. The highest BCUT2D eigenvalue weighted by atomic mass is 19.4. The lowest BCUT2D eigenvalue weighted by Crippen LogP contribution is -2.14. The highest BCUT2D eigenvalue weighted by Crippen LogP contribution is 2.30. The quantitative estimate of drug-likeness (QED) is 0.227. The summed E-state index contributed by atoms with van der Waals surface area (Å²) in [5.41, 5.74) is 0.313. The van der Waals surface area contributed by atoms with Gasteiger partial charge in [-0.1, -0.05) is 18.2 Å². The van der Waals surface area contributed by atoms with Crippen molar-refractivity contribution < 1.29 is 31.8 Å². The molecular formula is C26H22F4N4O3. The minimum Gasteiger partial charge on any atom is -0.460 e. The zero-order valence-corrected chi connectivity index (χ0v) is 19.6. The lowest BCUT2D eigenvalue weighted by molar-refractivity contribution is -0.137. The zero-order valence-electron chi connectivity index (χ0n) is 19.6. The molecule has 11 heteroatoms. The Bertz CT molecular complexity index is 1370. The molecule has 0 saturated heterocycles. The molecule has 3 aromatic carbocycles. The number of anilines is 1. The molecule has 0 atom stereocenters. The van der Waals surface area contributed by atoms with Gasteiger partial charge < -0.3 is 14.8 Å². The molecule has 1 heterocycles. The molecule has 4 aromatic rings. The summed E-state index contributed by atoms with van der Waals surface area (Å²) in [5.74, 6) is -0.810. The molecule has 0 spiro atoms. The van der Waals surface area contributed by atoms with Gasteiger partial charge in [0.25, 0.3) is 5.91 Å². The monoisotopic (exact) mass is 514 g/mol. The summed E-state index contributed by atoms with van der Waals surface area (Å²) in [6.45, 7) is 2.97. The Morgan fingerprint density at radius 1 is 1.00 bits per heavy atom. The summed E-state index contributed by atoms with van der Waals surface area (Å²) in [4.78, 5) is 16.9. The first-order valence-electron chi connectivity index (χ1n) is 11.3. The average Bonchev–Trinajstić information content (AvgIpc) is 3.31. The van der Waals surface area contributed by atoms with E-state index in [1.54, 1.807) is 36.4 Å². The van der Waals surface area contributed by atoms with Crippen molar-refractivity contribution in [3.8, 4) is 23.1 Å². The van der Waals surface area contributed by atoms with Crippen molar-refractivity contribution in [3.63, 3.8) is 0 Å². The fourth-order valence-electron chi connectivity index (χ4n) is 3.41. The minimum absolute atomic E-state index is 0.0703. The van der Waals surface area contributed by atoms with E-state index in [1.165, 1.54) is 28.9 Å². The van der Waals surface area contributed by atoms with Crippen molar-refractivity contribution in [2.45, 2.75) is 13.1 Å². The minimum atomic E-state index is -4.55. The van der Waals surface area contributed by atoms with E-state index in [0.29, 0.717) is 36.0 Å². The predicted octanol–water partition coefficient (Wildman–Crippen LogP) is 5.76. The summed E-state index contributed by atoms with van der Waals surface area (Å²) in [6, 6.07) is 16.5. The van der Waals surface area contributed by atoms with E-state index in [4.69, 9.17) is 9.47 Å². The van der Waals surface area contributed by atoms with Crippen LogP contribution < -0.4 is 10.1 Å². The number of benzene rings is 3. The van der Waals surface area contributed by atoms with Gasteiger partial charge in [0, 0.05) is 23.4 Å². The van der Waals surface area contributed by atoms with Gasteiger partial charge in [-0.15, -0.1) is 5.10 Å². The SMILES string of the molecule is CCOCCOc1nc(-c2cccc(F)c2)n(-c2ccc(NC(=O)c3cccc(C(F)(F)F)c3)cc2)n1. The molecule has 1 amide bonds. The van der Waals surface area contributed by atoms with Gasteiger partial charge in [0.1, 0.15) is 12.4 Å². The van der Waals surface area contributed by atoms with Gasteiger partial charge in [0.2, 0.25) is 0 Å². The molecule has 4 rings (SSSR count). The number of hydrogen-bond donors (Lipinski definition) is 1. The summed E-state index contributed by atoms with van der Waals surface area (Å²) < 4.78 is 65.0. The van der Waals surface area contributed by atoms with Crippen molar-refractivity contribution in [2.24, 2.45) is 0 Å². The molecule has 0 aliphatic rings. The number of ether oxygens (including phenoxy) is 2. The predicted molar refractivity (Wildman–Crippen MR) is 128 cm³/mol. The van der Waals surface area contributed by atoms with Gasteiger partial charge in [-0.25, -0.2) is 9.07 Å². The lowest BCUT2D eigenvalue weighted by Gasteiger charge is -2.10. The Morgan fingerprint density at radius 2 is 1.76 bits per heavy atom. The fourth-order valence-corrected chi connectivity index (χ4v) is 3.41. The van der Waals surface area contributed by atoms with Gasteiger partial charge in [-0.2, -0.15) is 18.2 Å². The number of hydrogen-bond acceptors (Lipinski definition) is 5. The van der Waals surface area contributed by atoms with Crippen molar-refractivity contribution in [3.05, 3.63) is 89.7 Å². The number of halogens is 4. The highest BCUT2D eigenvalue weighted by molar-refractivity contribution is 6.04. The number of carbonyl (C=O) groups is 1. The van der Waals surface area contributed by atoms with Crippen LogP contribution in [0.5, 0.6) is 6.01 Å². The molecule has 0 radical (unpaired) electrons. The molecule has 1 aromatic heterocycles. The Labute approximate surface area is 209 Å². The number of nitrogens with zero attached hydrogens (tertiary/aromatic N) is 3. The van der Waals surface area contributed by atoms with Crippen LogP contribution in [0.25, 0.3) is 17.1 Å². The number of amides is 1. The van der Waals surface area contributed by atoms with Crippen LogP contribution in [0.1, 0.15) is 22.8 Å². The third-order valence-corrected chi connectivity index (χ3v) is 5.16. The number of nitrogens with one attached hydrogen (secondary N) is 1. The number of aromatic nitrogens is 3. The fraction of sp³-hybridized carbons (Fsp3) is 0.192. The maximum Gasteiger partial charge on any atom is 0.416 e. The molecule has 37 heavy (non-hydrogen) atoms. The third kappa shape index (κ3) is 6.50. The molecule has 1 N–H and O–H groups in total. The second kappa shape index (κ2) is 11.2.